The first kappa shape index (κ1) is 17.9. The lowest BCUT2D eigenvalue weighted by Gasteiger charge is -2.22. The zero-order valence-corrected chi connectivity index (χ0v) is 15.1. The van der Waals surface area contributed by atoms with Crippen LogP contribution in [-0.4, -0.2) is 59.9 Å². The largest absolute Gasteiger partial charge is 0.497 e. The third-order valence-electron chi connectivity index (χ3n) is 4.40. The van der Waals surface area contributed by atoms with Gasteiger partial charge in [-0.05, 0) is 48.5 Å². The molecule has 4 amide bonds. The second-order valence-corrected chi connectivity index (χ2v) is 6.27. The molecular formula is C19H21N3O4. The Bertz CT molecular complexity index is 880. The summed E-state index contributed by atoms with van der Waals surface area (Å²) in [5.41, 5.74) is 1.04. The number of urea groups is 1. The Hall–Kier alpha value is -2.93. The van der Waals surface area contributed by atoms with Crippen LogP contribution in [0.3, 0.4) is 0 Å². The lowest BCUT2D eigenvalue weighted by Crippen LogP contribution is -2.40. The van der Waals surface area contributed by atoms with Crippen LogP contribution >= 0.6 is 0 Å². The molecule has 1 saturated heterocycles. The molecule has 0 atom stereocenters. The van der Waals surface area contributed by atoms with Crippen molar-refractivity contribution >= 4 is 28.6 Å². The van der Waals surface area contributed by atoms with Crippen LogP contribution in [0.4, 0.5) is 4.79 Å². The Morgan fingerprint density at radius 2 is 1.62 bits per heavy atom. The highest BCUT2D eigenvalue weighted by molar-refractivity contribution is 6.44. The van der Waals surface area contributed by atoms with Gasteiger partial charge in [0, 0.05) is 13.1 Å². The number of methoxy groups -OCH3 is 1. The van der Waals surface area contributed by atoms with Crippen molar-refractivity contribution < 1.29 is 19.1 Å². The van der Waals surface area contributed by atoms with Crippen molar-refractivity contribution in [3.8, 4) is 5.75 Å². The zero-order chi connectivity index (χ0) is 18.8. The third-order valence-corrected chi connectivity index (χ3v) is 4.40. The van der Waals surface area contributed by atoms with Crippen LogP contribution in [0, 0.1) is 0 Å². The van der Waals surface area contributed by atoms with Crippen LogP contribution in [0.2, 0.25) is 0 Å². The van der Waals surface area contributed by atoms with Crippen LogP contribution in [0.5, 0.6) is 5.75 Å². The smallest absolute Gasteiger partial charge is 0.335 e. The van der Waals surface area contributed by atoms with Crippen molar-refractivity contribution in [3.05, 3.63) is 42.0 Å². The van der Waals surface area contributed by atoms with Crippen molar-refractivity contribution in [2.45, 2.75) is 13.5 Å². The molecule has 2 aromatic rings. The van der Waals surface area contributed by atoms with Crippen molar-refractivity contribution in [2.24, 2.45) is 0 Å². The maximum absolute atomic E-state index is 12.2. The molecule has 0 spiro atoms. The van der Waals surface area contributed by atoms with E-state index in [0.717, 1.165) is 31.9 Å². The van der Waals surface area contributed by atoms with Gasteiger partial charge in [-0.1, -0.05) is 18.2 Å². The molecule has 0 unspecified atom stereocenters. The molecule has 0 N–H and O–H groups in total. The summed E-state index contributed by atoms with van der Waals surface area (Å²) in [4.78, 5) is 39.7. The van der Waals surface area contributed by atoms with E-state index < -0.39 is 17.8 Å². The maximum Gasteiger partial charge on any atom is 0.335 e. The minimum absolute atomic E-state index is 0.0700. The van der Waals surface area contributed by atoms with Gasteiger partial charge < -0.3 is 4.74 Å². The van der Waals surface area contributed by atoms with Crippen LogP contribution in [0.25, 0.3) is 10.8 Å². The first-order valence-electron chi connectivity index (χ1n) is 8.37. The molecule has 1 aliphatic heterocycles. The van der Waals surface area contributed by atoms with Gasteiger partial charge in [0.15, 0.2) is 0 Å². The normalized spacial score (nSPS) is 14.8. The van der Waals surface area contributed by atoms with Gasteiger partial charge in [0.1, 0.15) is 5.75 Å². The fourth-order valence-corrected chi connectivity index (χ4v) is 3.06. The van der Waals surface area contributed by atoms with E-state index in [-0.39, 0.29) is 13.2 Å². The summed E-state index contributed by atoms with van der Waals surface area (Å²) in [5, 5.41) is 2.15. The second kappa shape index (κ2) is 7.13. The molecular weight excluding hydrogens is 334 g/mol. The van der Waals surface area contributed by atoms with E-state index in [1.807, 2.05) is 35.2 Å². The molecule has 26 heavy (non-hydrogen) atoms. The summed E-state index contributed by atoms with van der Waals surface area (Å²) in [6.45, 7) is 2.47. The fourth-order valence-electron chi connectivity index (χ4n) is 3.06. The topological polar surface area (TPSA) is 70.2 Å². The van der Waals surface area contributed by atoms with E-state index in [2.05, 4.69) is 6.07 Å². The highest BCUT2D eigenvalue weighted by atomic mass is 16.5. The van der Waals surface area contributed by atoms with E-state index in [4.69, 9.17) is 4.74 Å². The Labute approximate surface area is 151 Å². The number of hydrogen-bond donors (Lipinski definition) is 0. The highest BCUT2D eigenvalue weighted by Crippen LogP contribution is 2.22. The molecule has 7 heteroatoms. The van der Waals surface area contributed by atoms with E-state index in [1.54, 1.807) is 21.1 Å². The second-order valence-electron chi connectivity index (χ2n) is 6.27. The molecule has 0 radical (unpaired) electrons. The van der Waals surface area contributed by atoms with Crippen molar-refractivity contribution in [3.63, 3.8) is 0 Å². The SMILES string of the molecule is CCN1C(=O)C(=O)N(CN(C)Cc2ccc3cc(OC)ccc3c2)C1=O. The van der Waals surface area contributed by atoms with Crippen LogP contribution in [-0.2, 0) is 16.1 Å². The molecule has 1 heterocycles. The molecule has 136 valence electrons. The monoisotopic (exact) mass is 355 g/mol. The Morgan fingerprint density at radius 3 is 2.27 bits per heavy atom. The molecule has 3 rings (SSSR count). The Kier molecular flexibility index (Phi) is 4.90. The average molecular weight is 355 g/mol. The minimum atomic E-state index is -0.769. The Morgan fingerprint density at radius 1 is 0.962 bits per heavy atom. The molecule has 0 aliphatic carbocycles. The predicted molar refractivity (Wildman–Crippen MR) is 96.5 cm³/mol. The number of rotatable bonds is 6. The first-order chi connectivity index (χ1) is 12.4. The number of carbonyl (C=O) groups is 3. The quantitative estimate of drug-likeness (QED) is 0.586. The molecule has 0 bridgehead atoms. The number of hydrogen-bond acceptors (Lipinski definition) is 5. The summed E-state index contributed by atoms with van der Waals surface area (Å²) in [7, 11) is 3.44. The highest BCUT2D eigenvalue weighted by Gasteiger charge is 2.43. The number of imide groups is 2. The predicted octanol–water partition coefficient (Wildman–Crippen LogP) is 2.05. The zero-order valence-electron chi connectivity index (χ0n) is 15.1. The molecule has 0 aromatic heterocycles. The lowest BCUT2D eigenvalue weighted by atomic mass is 10.1. The number of benzene rings is 2. The van der Waals surface area contributed by atoms with Crippen molar-refractivity contribution in [1.82, 2.24) is 14.7 Å². The number of likely N-dealkylation sites (N-methyl/N-ethyl adjacent to an activating group) is 1. The fraction of sp³-hybridized carbons (Fsp3) is 0.316. The molecule has 1 fully saturated rings. The minimum Gasteiger partial charge on any atom is -0.497 e. The van der Waals surface area contributed by atoms with E-state index >= 15 is 0 Å². The van der Waals surface area contributed by atoms with Gasteiger partial charge >= 0.3 is 17.8 Å². The summed E-state index contributed by atoms with van der Waals surface area (Å²) >= 11 is 0. The Balaban J connectivity index is 1.71. The molecule has 1 aliphatic rings. The number of ether oxygens (including phenoxy) is 1. The van der Waals surface area contributed by atoms with Gasteiger partial charge in [0.05, 0.1) is 13.8 Å². The van der Waals surface area contributed by atoms with E-state index in [9.17, 15) is 14.4 Å². The summed E-state index contributed by atoms with van der Waals surface area (Å²) in [6.07, 6.45) is 0. The van der Waals surface area contributed by atoms with Gasteiger partial charge in [-0.15, -0.1) is 0 Å². The number of carbonyl (C=O) groups excluding carboxylic acids is 3. The summed E-state index contributed by atoms with van der Waals surface area (Å²) in [5.74, 6) is -0.724. The first-order valence-corrected chi connectivity index (χ1v) is 8.37. The summed E-state index contributed by atoms with van der Waals surface area (Å²) < 4.78 is 5.23. The van der Waals surface area contributed by atoms with E-state index in [1.165, 1.54) is 0 Å². The average Bonchev–Trinajstić information content (AvgIpc) is 2.84. The van der Waals surface area contributed by atoms with Crippen LogP contribution < -0.4 is 4.74 Å². The van der Waals surface area contributed by atoms with Gasteiger partial charge in [-0.3, -0.25) is 19.4 Å². The standard InChI is InChI=1S/C19H21N3O4/c1-4-21-17(23)18(24)22(19(21)25)12-20(2)11-13-5-6-15-10-16(26-3)8-7-14(15)9-13/h5-10H,4,11-12H2,1-3H3. The van der Waals surface area contributed by atoms with Crippen LogP contribution in [0.1, 0.15) is 12.5 Å². The van der Waals surface area contributed by atoms with Crippen LogP contribution in [0.15, 0.2) is 36.4 Å². The lowest BCUT2D eigenvalue weighted by molar-refractivity contribution is -0.143. The van der Waals surface area contributed by atoms with Crippen molar-refractivity contribution in [2.75, 3.05) is 27.4 Å². The molecule has 2 aromatic carbocycles. The van der Waals surface area contributed by atoms with Gasteiger partial charge in [-0.25, -0.2) is 9.69 Å². The third kappa shape index (κ3) is 3.25. The van der Waals surface area contributed by atoms with Gasteiger partial charge in [0.25, 0.3) is 0 Å². The number of nitrogens with zero attached hydrogens (tertiary/aromatic N) is 3. The maximum atomic E-state index is 12.2. The number of amides is 4. The molecule has 7 nitrogen and oxygen atoms in total. The van der Waals surface area contributed by atoms with E-state index in [0.29, 0.717) is 6.54 Å². The van der Waals surface area contributed by atoms with Crippen molar-refractivity contribution in [1.29, 1.82) is 0 Å². The van der Waals surface area contributed by atoms with Gasteiger partial charge in [0.2, 0.25) is 0 Å². The number of fused-ring (bicyclic) bond motifs is 1. The summed E-state index contributed by atoms with van der Waals surface area (Å²) in [6, 6.07) is 11.4. The van der Waals surface area contributed by atoms with Gasteiger partial charge in [-0.2, -0.15) is 0 Å². The molecule has 0 saturated carbocycles.